The molecule has 0 atom stereocenters. The van der Waals surface area contributed by atoms with Gasteiger partial charge in [-0.15, -0.1) is 0 Å². The Hall–Kier alpha value is -3.80. The van der Waals surface area contributed by atoms with Gasteiger partial charge in [0.15, 0.2) is 11.5 Å². The van der Waals surface area contributed by atoms with Gasteiger partial charge in [-0.2, -0.15) is 0 Å². The lowest BCUT2D eigenvalue weighted by molar-refractivity contribution is 0.0696. The number of nitrogens with zero attached hydrogens (tertiary/aromatic N) is 1. The molecule has 0 aromatic heterocycles. The molecule has 3 aromatic carbocycles. The summed E-state index contributed by atoms with van der Waals surface area (Å²) in [6.45, 7) is 0.621. The number of carboxylic acids is 1. The van der Waals surface area contributed by atoms with E-state index in [1.165, 1.54) is 0 Å². The molecule has 0 heterocycles. The summed E-state index contributed by atoms with van der Waals surface area (Å²) in [5.41, 5.74) is 2.82. The lowest BCUT2D eigenvalue weighted by atomic mass is 10.1. The number of rotatable bonds is 9. The highest BCUT2D eigenvalue weighted by Gasteiger charge is 2.07. The zero-order chi connectivity index (χ0) is 20.5. The van der Waals surface area contributed by atoms with Gasteiger partial charge in [0.05, 0.1) is 18.9 Å². The van der Waals surface area contributed by atoms with Crippen LogP contribution in [0.5, 0.6) is 11.5 Å². The van der Waals surface area contributed by atoms with Crippen molar-refractivity contribution in [2.24, 2.45) is 5.16 Å². The fourth-order valence-electron chi connectivity index (χ4n) is 2.62. The smallest absolute Gasteiger partial charge is 0.335 e. The number of ether oxygens (including phenoxy) is 2. The van der Waals surface area contributed by atoms with E-state index in [2.05, 4.69) is 5.16 Å². The van der Waals surface area contributed by atoms with E-state index < -0.39 is 5.97 Å². The molecule has 0 bridgehead atoms. The first-order valence-electron chi connectivity index (χ1n) is 8.98. The van der Waals surface area contributed by atoms with Crippen molar-refractivity contribution >= 4 is 12.2 Å². The summed E-state index contributed by atoms with van der Waals surface area (Å²) >= 11 is 0. The third kappa shape index (κ3) is 5.84. The van der Waals surface area contributed by atoms with Crippen LogP contribution in [0.3, 0.4) is 0 Å². The van der Waals surface area contributed by atoms with Crippen LogP contribution in [0.4, 0.5) is 0 Å². The molecule has 0 radical (unpaired) electrons. The number of hydrogen-bond acceptors (Lipinski definition) is 5. The molecular weight excluding hydrogens is 370 g/mol. The predicted octanol–water partition coefficient (Wildman–Crippen LogP) is 4.52. The first kappa shape index (κ1) is 19.9. The van der Waals surface area contributed by atoms with Gasteiger partial charge in [-0.25, -0.2) is 4.79 Å². The third-order valence-corrected chi connectivity index (χ3v) is 4.11. The molecule has 0 spiro atoms. The van der Waals surface area contributed by atoms with E-state index in [-0.39, 0.29) is 12.2 Å². The van der Waals surface area contributed by atoms with Gasteiger partial charge in [-0.1, -0.05) is 47.6 Å². The molecule has 0 saturated heterocycles. The number of methoxy groups -OCH3 is 1. The van der Waals surface area contributed by atoms with E-state index in [0.29, 0.717) is 18.1 Å². The van der Waals surface area contributed by atoms with Crippen molar-refractivity contribution in [2.45, 2.75) is 13.2 Å². The van der Waals surface area contributed by atoms with Gasteiger partial charge >= 0.3 is 5.97 Å². The predicted molar refractivity (Wildman–Crippen MR) is 110 cm³/mol. The molecule has 3 aromatic rings. The summed E-state index contributed by atoms with van der Waals surface area (Å²) in [4.78, 5) is 16.4. The molecule has 0 saturated carbocycles. The molecule has 6 heteroatoms. The molecular formula is C23H21NO5. The largest absolute Gasteiger partial charge is 0.493 e. The van der Waals surface area contributed by atoms with Crippen molar-refractivity contribution < 1.29 is 24.2 Å². The maximum atomic E-state index is 11.1. The quantitative estimate of drug-likeness (QED) is 0.429. The van der Waals surface area contributed by atoms with Gasteiger partial charge in [-0.3, -0.25) is 0 Å². The van der Waals surface area contributed by atoms with Gasteiger partial charge in [-0.05, 0) is 41.5 Å². The number of hydrogen-bond donors (Lipinski definition) is 1. The SMILES string of the molecule is COc1cc(/C=N/OCc2ccccc2)ccc1OCc1cccc(C(=O)O)c1. The van der Waals surface area contributed by atoms with E-state index in [1.54, 1.807) is 43.7 Å². The van der Waals surface area contributed by atoms with Crippen LogP contribution in [-0.4, -0.2) is 24.4 Å². The van der Waals surface area contributed by atoms with Crippen LogP contribution in [0.15, 0.2) is 78.0 Å². The van der Waals surface area contributed by atoms with Crippen molar-refractivity contribution in [3.63, 3.8) is 0 Å². The van der Waals surface area contributed by atoms with Crippen molar-refractivity contribution in [1.82, 2.24) is 0 Å². The molecule has 6 nitrogen and oxygen atoms in total. The lowest BCUT2D eigenvalue weighted by Crippen LogP contribution is -2.01. The van der Waals surface area contributed by atoms with Crippen molar-refractivity contribution in [1.29, 1.82) is 0 Å². The van der Waals surface area contributed by atoms with Gasteiger partial charge in [0.1, 0.15) is 13.2 Å². The Morgan fingerprint density at radius 3 is 2.48 bits per heavy atom. The fourth-order valence-corrected chi connectivity index (χ4v) is 2.62. The van der Waals surface area contributed by atoms with Crippen LogP contribution in [0.25, 0.3) is 0 Å². The lowest BCUT2D eigenvalue weighted by Gasteiger charge is -2.11. The minimum Gasteiger partial charge on any atom is -0.493 e. The highest BCUT2D eigenvalue weighted by molar-refractivity contribution is 5.87. The second-order valence-corrected chi connectivity index (χ2v) is 6.20. The van der Waals surface area contributed by atoms with E-state index in [0.717, 1.165) is 16.7 Å². The number of carboxylic acid groups (broad SMARTS) is 1. The topological polar surface area (TPSA) is 77.3 Å². The Kier molecular flexibility index (Phi) is 6.84. The third-order valence-electron chi connectivity index (χ3n) is 4.11. The highest BCUT2D eigenvalue weighted by Crippen LogP contribution is 2.28. The standard InChI is InChI=1S/C23H21NO5/c1-27-22-13-18(14-24-29-16-17-6-3-2-4-7-17)10-11-21(22)28-15-19-8-5-9-20(12-19)23(25)26/h2-14H,15-16H2,1H3,(H,25,26)/b24-14+. The van der Waals surface area contributed by atoms with Crippen molar-refractivity contribution in [3.05, 3.63) is 95.1 Å². The summed E-state index contributed by atoms with van der Waals surface area (Å²) in [5, 5.41) is 13.1. The first-order chi connectivity index (χ1) is 14.2. The number of carbonyl (C=O) groups is 1. The molecule has 3 rings (SSSR count). The summed E-state index contributed by atoms with van der Waals surface area (Å²) in [5.74, 6) is 0.129. The van der Waals surface area contributed by atoms with E-state index in [9.17, 15) is 4.79 Å². The Balaban J connectivity index is 1.60. The summed E-state index contributed by atoms with van der Waals surface area (Å²) < 4.78 is 11.2. The van der Waals surface area contributed by atoms with E-state index in [1.807, 2.05) is 42.5 Å². The van der Waals surface area contributed by atoms with E-state index in [4.69, 9.17) is 19.4 Å². The van der Waals surface area contributed by atoms with Crippen LogP contribution in [-0.2, 0) is 18.1 Å². The molecule has 1 N–H and O–H groups in total. The first-order valence-corrected chi connectivity index (χ1v) is 8.98. The van der Waals surface area contributed by atoms with Gasteiger partial charge in [0.2, 0.25) is 0 Å². The fraction of sp³-hybridized carbons (Fsp3) is 0.130. The minimum atomic E-state index is -0.970. The Morgan fingerprint density at radius 1 is 0.931 bits per heavy atom. The Labute approximate surface area is 169 Å². The molecule has 0 aliphatic heterocycles. The summed E-state index contributed by atoms with van der Waals surface area (Å²) in [6, 6.07) is 21.8. The number of benzene rings is 3. The van der Waals surface area contributed by atoms with Crippen molar-refractivity contribution in [3.8, 4) is 11.5 Å². The van der Waals surface area contributed by atoms with Gasteiger partial charge in [0.25, 0.3) is 0 Å². The monoisotopic (exact) mass is 391 g/mol. The Morgan fingerprint density at radius 2 is 1.72 bits per heavy atom. The van der Waals surface area contributed by atoms with E-state index >= 15 is 0 Å². The molecule has 0 fully saturated rings. The average Bonchev–Trinajstić information content (AvgIpc) is 2.76. The van der Waals surface area contributed by atoms with Crippen LogP contribution in [0, 0.1) is 0 Å². The maximum absolute atomic E-state index is 11.1. The second-order valence-electron chi connectivity index (χ2n) is 6.20. The highest BCUT2D eigenvalue weighted by atomic mass is 16.6. The number of aromatic carboxylic acids is 1. The maximum Gasteiger partial charge on any atom is 0.335 e. The molecule has 0 unspecified atom stereocenters. The van der Waals surface area contributed by atoms with Crippen LogP contribution < -0.4 is 9.47 Å². The summed E-state index contributed by atoms with van der Waals surface area (Å²) in [6.07, 6.45) is 1.60. The van der Waals surface area contributed by atoms with Crippen LogP contribution in [0.2, 0.25) is 0 Å². The molecule has 29 heavy (non-hydrogen) atoms. The zero-order valence-corrected chi connectivity index (χ0v) is 15.9. The molecule has 0 amide bonds. The van der Waals surface area contributed by atoms with Gasteiger partial charge in [0, 0.05) is 5.56 Å². The number of oxime groups is 1. The molecule has 0 aliphatic carbocycles. The van der Waals surface area contributed by atoms with Crippen LogP contribution in [0.1, 0.15) is 27.0 Å². The van der Waals surface area contributed by atoms with Crippen LogP contribution >= 0.6 is 0 Å². The molecule has 0 aliphatic rings. The zero-order valence-electron chi connectivity index (χ0n) is 15.9. The normalized spacial score (nSPS) is 10.7. The Bertz CT molecular complexity index is 986. The van der Waals surface area contributed by atoms with Gasteiger partial charge < -0.3 is 19.4 Å². The molecule has 148 valence electrons. The minimum absolute atomic E-state index is 0.222. The second kappa shape index (κ2) is 9.94. The average molecular weight is 391 g/mol. The van der Waals surface area contributed by atoms with Crippen molar-refractivity contribution in [2.75, 3.05) is 7.11 Å². The summed E-state index contributed by atoms with van der Waals surface area (Å²) in [7, 11) is 1.56.